The fourth-order valence-corrected chi connectivity index (χ4v) is 4.09. The number of aromatic nitrogens is 5. The van der Waals surface area contributed by atoms with Crippen LogP contribution in [0.2, 0.25) is 0 Å². The second-order valence-electron chi connectivity index (χ2n) is 9.25. The lowest BCUT2D eigenvalue weighted by Crippen LogP contribution is -2.44. The van der Waals surface area contributed by atoms with Gasteiger partial charge in [-0.05, 0) is 57.7 Å². The van der Waals surface area contributed by atoms with Crippen LogP contribution >= 0.6 is 0 Å². The molecule has 0 bridgehead atoms. The van der Waals surface area contributed by atoms with Crippen LogP contribution in [-0.4, -0.2) is 80.2 Å². The van der Waals surface area contributed by atoms with Crippen molar-refractivity contribution in [2.75, 3.05) is 38.1 Å². The number of piperazine rings is 1. The average molecular weight is 560 g/mol. The number of aliphatic carboxylic acids is 1. The fourth-order valence-electron chi connectivity index (χ4n) is 4.09. The highest BCUT2D eigenvalue weighted by Crippen LogP contribution is 2.23. The van der Waals surface area contributed by atoms with Gasteiger partial charge in [0.25, 0.3) is 5.89 Å². The number of anilines is 1. The van der Waals surface area contributed by atoms with Crippen LogP contribution in [0.15, 0.2) is 39.5 Å². The van der Waals surface area contributed by atoms with E-state index < -0.39 is 12.1 Å². The second-order valence-corrected chi connectivity index (χ2v) is 9.25. The van der Waals surface area contributed by atoms with Crippen molar-refractivity contribution in [3.8, 4) is 17.2 Å². The molecule has 5 heterocycles. The van der Waals surface area contributed by atoms with Crippen LogP contribution in [0, 0.1) is 20.8 Å². The van der Waals surface area contributed by atoms with Crippen LogP contribution in [0.4, 0.5) is 19.0 Å². The zero-order chi connectivity index (χ0) is 29.0. The maximum atomic E-state index is 10.6. The zero-order valence-electron chi connectivity index (χ0n) is 22.3. The average Bonchev–Trinajstić information content (AvgIpc) is 3.62. The molecule has 1 fully saturated rings. The van der Waals surface area contributed by atoms with E-state index in [1.165, 1.54) is 0 Å². The van der Waals surface area contributed by atoms with Crippen LogP contribution < -0.4 is 4.90 Å². The molecule has 0 amide bonds. The van der Waals surface area contributed by atoms with Gasteiger partial charge in [0.15, 0.2) is 5.82 Å². The molecule has 14 heteroatoms. The zero-order valence-corrected chi connectivity index (χ0v) is 22.3. The van der Waals surface area contributed by atoms with E-state index in [9.17, 15) is 13.2 Å². The minimum atomic E-state index is -5.08. The van der Waals surface area contributed by atoms with Crippen LogP contribution in [0.25, 0.3) is 29.4 Å². The second kappa shape index (κ2) is 11.7. The van der Waals surface area contributed by atoms with Crippen LogP contribution in [0.5, 0.6) is 0 Å². The number of halogens is 3. The summed E-state index contributed by atoms with van der Waals surface area (Å²) in [6.07, 6.45) is 0.514. The van der Waals surface area contributed by atoms with Gasteiger partial charge in [-0.3, -0.25) is 4.57 Å². The number of carboxylic acids is 1. The van der Waals surface area contributed by atoms with Crippen molar-refractivity contribution in [2.24, 2.45) is 0 Å². The highest BCUT2D eigenvalue weighted by atomic mass is 19.4. The molecule has 212 valence electrons. The fraction of sp³-hybridized carbons (Fsp3) is 0.346. The van der Waals surface area contributed by atoms with Crippen molar-refractivity contribution in [3.05, 3.63) is 59.1 Å². The van der Waals surface area contributed by atoms with Crippen molar-refractivity contribution >= 4 is 23.9 Å². The van der Waals surface area contributed by atoms with Crippen LogP contribution in [0.1, 0.15) is 28.6 Å². The molecule has 0 unspecified atom stereocenters. The van der Waals surface area contributed by atoms with E-state index in [1.54, 1.807) is 6.20 Å². The first-order valence-corrected chi connectivity index (χ1v) is 12.3. The van der Waals surface area contributed by atoms with E-state index in [2.05, 4.69) is 47.8 Å². The van der Waals surface area contributed by atoms with Crippen molar-refractivity contribution in [2.45, 2.75) is 26.9 Å². The standard InChI is InChI=1S/C24H27N7O2.C2HF3O2/c1-16-13-19(18(3)31(16)22-14-17(2)32-27-22)6-8-23-26-24(28-33-23)20-5-7-21(25-15-20)30-11-9-29(4)10-12-30;3-2(4,5)1(6)7/h5-8,13-15H,9-12H2,1-4H3;(H,6,7)/b8-6+;. The molecule has 0 spiro atoms. The molecule has 5 rings (SSSR count). The maximum Gasteiger partial charge on any atom is 0.490 e. The Hall–Kier alpha value is -4.46. The van der Waals surface area contributed by atoms with Gasteiger partial charge in [0.1, 0.15) is 11.6 Å². The van der Waals surface area contributed by atoms with Gasteiger partial charge in [0, 0.05) is 61.5 Å². The Bertz CT molecular complexity index is 1480. The lowest BCUT2D eigenvalue weighted by Gasteiger charge is -2.33. The maximum absolute atomic E-state index is 10.6. The third-order valence-corrected chi connectivity index (χ3v) is 6.24. The van der Waals surface area contributed by atoms with Gasteiger partial charge in [0.05, 0.1) is 0 Å². The van der Waals surface area contributed by atoms with Crippen molar-refractivity contribution in [1.82, 2.24) is 29.7 Å². The number of aryl methyl sites for hydroxylation is 2. The first-order valence-electron chi connectivity index (χ1n) is 12.3. The number of nitrogens with zero attached hydrogens (tertiary/aromatic N) is 7. The summed E-state index contributed by atoms with van der Waals surface area (Å²) in [5.74, 6) is 0.736. The number of carbonyl (C=O) groups is 1. The normalized spacial score (nSPS) is 14.4. The van der Waals surface area contributed by atoms with Gasteiger partial charge in [-0.15, -0.1) is 0 Å². The summed E-state index contributed by atoms with van der Waals surface area (Å²) in [5, 5.41) is 15.4. The largest absolute Gasteiger partial charge is 0.490 e. The first-order chi connectivity index (χ1) is 18.9. The Morgan fingerprint density at radius 3 is 2.27 bits per heavy atom. The van der Waals surface area contributed by atoms with Crippen molar-refractivity contribution in [3.63, 3.8) is 0 Å². The third kappa shape index (κ3) is 6.75. The Morgan fingerprint density at radius 1 is 1.00 bits per heavy atom. The molecule has 1 N–H and O–H groups in total. The van der Waals surface area contributed by atoms with Gasteiger partial charge in [-0.2, -0.15) is 18.2 Å². The molecular weight excluding hydrogens is 531 g/mol. The molecule has 4 aromatic heterocycles. The molecule has 0 atom stereocenters. The lowest BCUT2D eigenvalue weighted by atomic mass is 10.2. The Balaban J connectivity index is 0.000000470. The SMILES string of the molecule is Cc1cc(-n2c(C)cc(/C=C/c3nc(-c4ccc(N5CCN(C)CC5)nc4)no3)c2C)no1.O=C(O)C(F)(F)F. The molecule has 40 heavy (non-hydrogen) atoms. The quantitative estimate of drug-likeness (QED) is 0.376. The molecular formula is C26H28F3N7O4. The van der Waals surface area contributed by atoms with E-state index in [-0.39, 0.29) is 0 Å². The number of likely N-dealkylation sites (N-methyl/N-ethyl adjacent to an activating group) is 1. The number of carboxylic acid groups (broad SMARTS) is 1. The Labute approximate surface area is 227 Å². The minimum Gasteiger partial charge on any atom is -0.475 e. The molecule has 0 saturated carbocycles. The molecule has 1 aliphatic rings. The monoisotopic (exact) mass is 559 g/mol. The number of alkyl halides is 3. The molecule has 11 nitrogen and oxygen atoms in total. The van der Waals surface area contributed by atoms with Crippen molar-refractivity contribution < 1.29 is 32.1 Å². The molecule has 4 aromatic rings. The molecule has 1 saturated heterocycles. The predicted octanol–water partition coefficient (Wildman–Crippen LogP) is 4.39. The number of pyridine rings is 1. The highest BCUT2D eigenvalue weighted by Gasteiger charge is 2.38. The number of rotatable bonds is 5. The molecule has 0 aromatic carbocycles. The van der Waals surface area contributed by atoms with Gasteiger partial charge >= 0.3 is 12.1 Å². The van der Waals surface area contributed by atoms with Crippen molar-refractivity contribution in [1.29, 1.82) is 0 Å². The summed E-state index contributed by atoms with van der Waals surface area (Å²) in [7, 11) is 2.14. The highest BCUT2D eigenvalue weighted by molar-refractivity contribution is 5.73. The molecule has 0 aliphatic carbocycles. The van der Waals surface area contributed by atoms with Crippen LogP contribution in [-0.2, 0) is 4.79 Å². The van der Waals surface area contributed by atoms with Crippen LogP contribution in [0.3, 0.4) is 0 Å². The smallest absolute Gasteiger partial charge is 0.475 e. The van der Waals surface area contributed by atoms with Gasteiger partial charge in [-0.25, -0.2) is 9.78 Å². The summed E-state index contributed by atoms with van der Waals surface area (Å²) >= 11 is 0. The molecule has 0 radical (unpaired) electrons. The Morgan fingerprint density at radius 2 is 1.70 bits per heavy atom. The summed E-state index contributed by atoms with van der Waals surface area (Å²) in [4.78, 5) is 22.6. The number of hydrogen-bond acceptors (Lipinski definition) is 9. The third-order valence-electron chi connectivity index (χ3n) is 6.24. The lowest BCUT2D eigenvalue weighted by molar-refractivity contribution is -0.192. The minimum absolute atomic E-state index is 0.440. The van der Waals surface area contributed by atoms with E-state index in [0.29, 0.717) is 11.7 Å². The van der Waals surface area contributed by atoms with Gasteiger partial charge in [-0.1, -0.05) is 10.3 Å². The van der Waals surface area contributed by atoms with Gasteiger partial charge < -0.3 is 24.0 Å². The summed E-state index contributed by atoms with van der Waals surface area (Å²) < 4.78 is 44.5. The summed E-state index contributed by atoms with van der Waals surface area (Å²) in [6, 6.07) is 8.02. The van der Waals surface area contributed by atoms with E-state index in [1.807, 2.05) is 51.1 Å². The van der Waals surface area contributed by atoms with E-state index >= 15 is 0 Å². The Kier molecular flexibility index (Phi) is 8.38. The van der Waals surface area contributed by atoms with E-state index in [0.717, 1.165) is 66.1 Å². The summed E-state index contributed by atoms with van der Waals surface area (Å²) in [6.45, 7) is 10.0. The summed E-state index contributed by atoms with van der Waals surface area (Å²) in [5.41, 5.74) is 4.00. The van der Waals surface area contributed by atoms with Gasteiger partial charge in [0.2, 0.25) is 5.82 Å². The predicted molar refractivity (Wildman–Crippen MR) is 140 cm³/mol. The topological polar surface area (TPSA) is 127 Å². The first kappa shape index (κ1) is 28.5. The molecule has 1 aliphatic heterocycles. The number of hydrogen-bond donors (Lipinski definition) is 1. The van der Waals surface area contributed by atoms with E-state index in [4.69, 9.17) is 18.9 Å².